The molecule has 1 saturated heterocycles. The Hall–Kier alpha value is -3.37. The van der Waals surface area contributed by atoms with Crippen LogP contribution in [0.15, 0.2) is 24.5 Å². The Balaban J connectivity index is 1.42. The molecular weight excluding hydrogens is 410 g/mol. The van der Waals surface area contributed by atoms with Crippen molar-refractivity contribution in [1.82, 2.24) is 15.0 Å². The largest absolute Gasteiger partial charge is 0.481 e. The van der Waals surface area contributed by atoms with Crippen molar-refractivity contribution in [2.75, 3.05) is 35.3 Å². The van der Waals surface area contributed by atoms with Gasteiger partial charge in [-0.1, -0.05) is 0 Å². The molecule has 2 bridgehead atoms. The molecule has 4 heterocycles. The molecule has 2 aromatic rings. The van der Waals surface area contributed by atoms with Crippen LogP contribution in [0.2, 0.25) is 0 Å². The molecule has 2 aliphatic heterocycles. The second kappa shape index (κ2) is 7.10. The van der Waals surface area contributed by atoms with Crippen LogP contribution in [0.3, 0.4) is 0 Å². The Morgan fingerprint density at radius 2 is 2.13 bits per heavy atom. The highest BCUT2D eigenvalue weighted by molar-refractivity contribution is 6.05. The van der Waals surface area contributed by atoms with Crippen molar-refractivity contribution in [3.05, 3.63) is 30.2 Å². The summed E-state index contributed by atoms with van der Waals surface area (Å²) in [6, 6.07) is 4.20. The van der Waals surface area contributed by atoms with E-state index in [4.69, 9.17) is 4.74 Å². The van der Waals surface area contributed by atoms with Crippen LogP contribution in [0.5, 0.6) is 5.88 Å². The predicted octanol–water partition coefficient (Wildman–Crippen LogP) is 2.74. The number of hydrogen-bond donors (Lipinski definition) is 1. The molecule has 0 unspecified atom stereocenters. The lowest BCUT2D eigenvalue weighted by Gasteiger charge is -2.35. The molecule has 162 valence electrons. The minimum Gasteiger partial charge on any atom is -0.481 e. The molecule has 0 spiro atoms. The highest BCUT2D eigenvalue weighted by Gasteiger charge is 2.57. The van der Waals surface area contributed by atoms with Crippen LogP contribution in [0.4, 0.5) is 30.9 Å². The van der Waals surface area contributed by atoms with E-state index in [9.17, 15) is 18.4 Å². The number of alkyl halides is 2. The summed E-state index contributed by atoms with van der Waals surface area (Å²) < 4.78 is 31.5. The second-order valence-electron chi connectivity index (χ2n) is 7.96. The molecule has 1 saturated carbocycles. The number of urea groups is 1. The van der Waals surface area contributed by atoms with Crippen LogP contribution < -0.4 is 19.9 Å². The molecule has 11 heteroatoms. The second-order valence-corrected chi connectivity index (χ2v) is 7.96. The van der Waals surface area contributed by atoms with E-state index in [-0.39, 0.29) is 30.4 Å². The third kappa shape index (κ3) is 3.53. The fourth-order valence-electron chi connectivity index (χ4n) is 4.14. The molecule has 2 fully saturated rings. The maximum atomic E-state index is 13.2. The summed E-state index contributed by atoms with van der Waals surface area (Å²) in [5.41, 5.74) is 0.822. The van der Waals surface area contributed by atoms with Gasteiger partial charge in [0.15, 0.2) is 11.6 Å². The number of rotatable bonds is 5. The number of anilines is 3. The number of amides is 2. The average molecular weight is 430 g/mol. The Morgan fingerprint density at radius 3 is 2.87 bits per heavy atom. The maximum absolute atomic E-state index is 13.2. The van der Waals surface area contributed by atoms with E-state index in [1.54, 1.807) is 12.1 Å². The van der Waals surface area contributed by atoms with Crippen molar-refractivity contribution in [2.45, 2.75) is 31.2 Å². The molecule has 1 N–H and O–H groups in total. The van der Waals surface area contributed by atoms with Gasteiger partial charge in [0, 0.05) is 37.9 Å². The van der Waals surface area contributed by atoms with E-state index in [1.165, 1.54) is 24.4 Å². The zero-order valence-corrected chi connectivity index (χ0v) is 16.7. The van der Waals surface area contributed by atoms with Crippen molar-refractivity contribution in [3.63, 3.8) is 0 Å². The summed E-state index contributed by atoms with van der Waals surface area (Å²) in [5, 5.41) is 2.72. The van der Waals surface area contributed by atoms with Gasteiger partial charge in [-0.3, -0.25) is 15.0 Å². The molecule has 5 rings (SSSR count). The Labute approximate surface area is 176 Å². The number of carbonyl (C=O) groups excluding carboxylic acids is 2. The van der Waals surface area contributed by atoms with E-state index in [0.717, 1.165) is 18.7 Å². The molecule has 31 heavy (non-hydrogen) atoms. The van der Waals surface area contributed by atoms with Gasteiger partial charge >= 0.3 is 6.03 Å². The number of methoxy groups -OCH3 is 1. The van der Waals surface area contributed by atoms with Gasteiger partial charge in [0.25, 0.3) is 5.92 Å². The number of ether oxygens (including phenoxy) is 1. The number of fused-ring (bicyclic) bond motifs is 4. The van der Waals surface area contributed by atoms with E-state index in [0.29, 0.717) is 18.2 Å². The van der Waals surface area contributed by atoms with Crippen LogP contribution in [0.25, 0.3) is 0 Å². The Kier molecular flexibility index (Phi) is 4.49. The SMILES string of the molecule is COc1cc(NC(=O)N2c3nc(C(=O)C[C@@H]4CC4(F)F)ccc3N3CC[C@H]2C3)ncn1. The monoisotopic (exact) mass is 430 g/mol. The van der Waals surface area contributed by atoms with E-state index < -0.39 is 23.7 Å². The lowest BCUT2D eigenvalue weighted by Crippen LogP contribution is -2.48. The standard InChI is InChI=1S/C20H20F2N6O3/c1-31-17-7-16(23-10-24-17)26-19(30)28-12-4-5-27(9-12)14-3-2-13(25-18(14)28)15(29)6-11-8-20(11,21)22/h2-3,7,10-12H,4-6,8-9H2,1H3,(H,23,24,26,30)/t11-,12+/m1/s1. The highest BCUT2D eigenvalue weighted by atomic mass is 19.3. The van der Waals surface area contributed by atoms with Crippen molar-refractivity contribution >= 4 is 29.1 Å². The first-order valence-corrected chi connectivity index (χ1v) is 9.99. The van der Waals surface area contributed by atoms with Crippen LogP contribution in [0.1, 0.15) is 29.8 Å². The van der Waals surface area contributed by atoms with Crippen LogP contribution in [0, 0.1) is 5.92 Å². The number of nitrogens with one attached hydrogen (secondary N) is 1. The zero-order chi connectivity index (χ0) is 21.8. The summed E-state index contributed by atoms with van der Waals surface area (Å²) in [4.78, 5) is 41.7. The lowest BCUT2D eigenvalue weighted by atomic mass is 10.1. The lowest BCUT2D eigenvalue weighted by molar-refractivity contribution is 0.0830. The number of ketones is 1. The number of hydrogen-bond acceptors (Lipinski definition) is 7. The minimum atomic E-state index is -2.76. The third-order valence-electron chi connectivity index (χ3n) is 5.93. The molecule has 2 amide bonds. The summed E-state index contributed by atoms with van der Waals surface area (Å²) >= 11 is 0. The number of nitrogens with zero attached hydrogens (tertiary/aromatic N) is 5. The molecule has 2 atom stereocenters. The number of carbonyl (C=O) groups is 2. The summed E-state index contributed by atoms with van der Waals surface area (Å²) in [6.07, 6.45) is 1.50. The molecule has 9 nitrogen and oxygen atoms in total. The highest BCUT2D eigenvalue weighted by Crippen LogP contribution is 2.51. The van der Waals surface area contributed by atoms with E-state index >= 15 is 0 Å². The Morgan fingerprint density at radius 1 is 1.32 bits per heavy atom. The fraction of sp³-hybridized carbons (Fsp3) is 0.450. The summed E-state index contributed by atoms with van der Waals surface area (Å²) in [7, 11) is 1.46. The van der Waals surface area contributed by atoms with Crippen LogP contribution in [-0.4, -0.2) is 58.9 Å². The van der Waals surface area contributed by atoms with Gasteiger partial charge in [0.1, 0.15) is 17.8 Å². The molecule has 2 aromatic heterocycles. The quantitative estimate of drug-likeness (QED) is 0.728. The third-order valence-corrected chi connectivity index (χ3v) is 5.93. The first-order chi connectivity index (χ1) is 14.9. The zero-order valence-electron chi connectivity index (χ0n) is 16.7. The molecule has 1 aliphatic carbocycles. The van der Waals surface area contributed by atoms with Gasteiger partial charge in [-0.2, -0.15) is 0 Å². The number of pyridine rings is 1. The molecule has 0 radical (unpaired) electrons. The first kappa shape index (κ1) is 19.6. The van der Waals surface area contributed by atoms with Crippen molar-refractivity contribution in [1.29, 1.82) is 0 Å². The summed E-state index contributed by atoms with van der Waals surface area (Å²) in [5.74, 6) is -3.22. The van der Waals surface area contributed by atoms with Gasteiger partial charge in [0.2, 0.25) is 5.88 Å². The van der Waals surface area contributed by atoms with Crippen molar-refractivity contribution in [2.24, 2.45) is 5.92 Å². The van der Waals surface area contributed by atoms with E-state index in [2.05, 4.69) is 25.2 Å². The smallest absolute Gasteiger partial charge is 0.329 e. The maximum Gasteiger partial charge on any atom is 0.329 e. The minimum absolute atomic E-state index is 0.0884. The topological polar surface area (TPSA) is 101 Å². The number of Topliss-reactive ketones (excluding diaryl/α,β-unsaturated/α-hetero) is 1. The van der Waals surface area contributed by atoms with Crippen LogP contribution in [-0.2, 0) is 0 Å². The number of aromatic nitrogens is 3. The molecule has 3 aliphatic rings. The summed E-state index contributed by atoms with van der Waals surface area (Å²) in [6.45, 7) is 1.41. The van der Waals surface area contributed by atoms with Crippen LogP contribution >= 0.6 is 0 Å². The first-order valence-electron chi connectivity index (χ1n) is 9.99. The van der Waals surface area contributed by atoms with Gasteiger partial charge in [0.05, 0.1) is 18.8 Å². The normalized spacial score (nSPS) is 22.7. The molecular formula is C20H20F2N6O3. The van der Waals surface area contributed by atoms with Crippen molar-refractivity contribution < 1.29 is 23.1 Å². The fourth-order valence-corrected chi connectivity index (χ4v) is 4.14. The molecule has 0 aromatic carbocycles. The van der Waals surface area contributed by atoms with Crippen molar-refractivity contribution in [3.8, 4) is 5.88 Å². The average Bonchev–Trinajstić information content (AvgIpc) is 3.15. The van der Waals surface area contributed by atoms with Gasteiger partial charge in [-0.25, -0.2) is 28.5 Å². The van der Waals surface area contributed by atoms with Gasteiger partial charge in [-0.15, -0.1) is 0 Å². The van der Waals surface area contributed by atoms with Gasteiger partial charge in [-0.05, 0) is 18.6 Å². The predicted molar refractivity (Wildman–Crippen MR) is 107 cm³/mol. The number of halogens is 2. The van der Waals surface area contributed by atoms with Gasteiger partial charge < -0.3 is 9.64 Å². The Bertz CT molecular complexity index is 1060. The van der Waals surface area contributed by atoms with E-state index in [1.807, 2.05) is 0 Å².